The first-order valence-electron chi connectivity index (χ1n) is 9.74. The number of hydrogen-bond donors (Lipinski definition) is 3. The molecule has 0 heterocycles. The van der Waals surface area contributed by atoms with Gasteiger partial charge < -0.3 is 20.3 Å². The minimum Gasteiger partial charge on any atom is -0.748 e. The maximum Gasteiger partial charge on any atom is 1.00 e. The molecule has 0 saturated carbocycles. The Labute approximate surface area is 192 Å². The van der Waals surface area contributed by atoms with Gasteiger partial charge in [0.25, 0.3) is 0 Å². The number of hydrogen-bond acceptors (Lipinski definition) is 6. The molecule has 1 unspecified atom stereocenters. The van der Waals surface area contributed by atoms with Crippen molar-refractivity contribution in [1.82, 2.24) is 10.6 Å². The van der Waals surface area contributed by atoms with Crippen LogP contribution in [0.15, 0.2) is 0 Å². The van der Waals surface area contributed by atoms with E-state index >= 15 is 0 Å². The van der Waals surface area contributed by atoms with E-state index in [0.717, 1.165) is 12.8 Å². The summed E-state index contributed by atoms with van der Waals surface area (Å²) in [7, 11) is -2.41. The molecular weight excluding hydrogens is 395 g/mol. The Morgan fingerprint density at radius 3 is 1.82 bits per heavy atom. The SMILES string of the molecule is CCCCCCCCCCCC(=O)NC(C)C(=O)O.CNCCS(=O)(=O)[O-].[Na+]. The van der Waals surface area contributed by atoms with E-state index in [4.69, 9.17) is 5.11 Å². The summed E-state index contributed by atoms with van der Waals surface area (Å²) in [6.07, 6.45) is 11.3. The molecule has 0 bridgehead atoms. The number of carbonyl (C=O) groups is 2. The summed E-state index contributed by atoms with van der Waals surface area (Å²) in [6, 6.07) is -0.786. The molecule has 0 aromatic carbocycles. The van der Waals surface area contributed by atoms with Gasteiger partial charge in [-0.15, -0.1) is 0 Å². The summed E-state index contributed by atoms with van der Waals surface area (Å²) in [5, 5.41) is 13.7. The van der Waals surface area contributed by atoms with Gasteiger partial charge in [0.05, 0.1) is 15.9 Å². The third-order valence-electron chi connectivity index (χ3n) is 3.86. The molecule has 0 fully saturated rings. The van der Waals surface area contributed by atoms with Crippen LogP contribution < -0.4 is 40.2 Å². The van der Waals surface area contributed by atoms with Gasteiger partial charge in [-0.1, -0.05) is 58.3 Å². The Bertz CT molecular complexity index is 488. The van der Waals surface area contributed by atoms with Gasteiger partial charge in [-0.25, -0.2) is 8.42 Å². The fraction of sp³-hybridized carbons (Fsp3) is 0.889. The number of aliphatic carboxylic acids is 1. The van der Waals surface area contributed by atoms with Gasteiger partial charge in [0.15, 0.2) is 0 Å². The molecule has 10 heteroatoms. The molecule has 0 radical (unpaired) electrons. The normalized spacial score (nSPS) is 11.6. The van der Waals surface area contributed by atoms with Crippen molar-refractivity contribution < 1.29 is 57.2 Å². The summed E-state index contributed by atoms with van der Waals surface area (Å²) >= 11 is 0. The van der Waals surface area contributed by atoms with Crippen LogP contribution in [-0.2, 0) is 19.7 Å². The number of amides is 1. The molecule has 0 aromatic heterocycles. The molecule has 28 heavy (non-hydrogen) atoms. The van der Waals surface area contributed by atoms with Crippen molar-refractivity contribution in [3.8, 4) is 0 Å². The summed E-state index contributed by atoms with van der Waals surface area (Å²) in [5.41, 5.74) is 0. The fourth-order valence-electron chi connectivity index (χ4n) is 2.20. The minimum atomic E-state index is -4.00. The molecule has 0 saturated heterocycles. The van der Waals surface area contributed by atoms with E-state index in [0.29, 0.717) is 6.42 Å². The van der Waals surface area contributed by atoms with Gasteiger partial charge in [0.2, 0.25) is 5.91 Å². The van der Waals surface area contributed by atoms with Crippen LogP contribution in [0.4, 0.5) is 0 Å². The van der Waals surface area contributed by atoms with Crippen LogP contribution in [-0.4, -0.2) is 55.3 Å². The van der Waals surface area contributed by atoms with Crippen molar-refractivity contribution in [1.29, 1.82) is 0 Å². The molecule has 3 N–H and O–H groups in total. The molecule has 0 aliphatic heterocycles. The topological polar surface area (TPSA) is 136 Å². The van der Waals surface area contributed by atoms with E-state index < -0.39 is 22.1 Å². The second kappa shape index (κ2) is 21.5. The zero-order chi connectivity index (χ0) is 21.1. The van der Waals surface area contributed by atoms with Crippen molar-refractivity contribution in [2.45, 2.75) is 84.1 Å². The summed E-state index contributed by atoms with van der Waals surface area (Å²) < 4.78 is 29.4. The largest absolute Gasteiger partial charge is 1.00 e. The van der Waals surface area contributed by atoms with Crippen LogP contribution in [0.5, 0.6) is 0 Å². The Morgan fingerprint density at radius 2 is 1.46 bits per heavy atom. The Kier molecular flexibility index (Phi) is 25.0. The predicted molar refractivity (Wildman–Crippen MR) is 106 cm³/mol. The zero-order valence-corrected chi connectivity index (χ0v) is 20.8. The second-order valence-electron chi connectivity index (χ2n) is 6.57. The van der Waals surface area contributed by atoms with Crippen molar-refractivity contribution in [2.24, 2.45) is 0 Å². The maximum absolute atomic E-state index is 11.4. The van der Waals surface area contributed by atoms with Crippen LogP contribution in [0, 0.1) is 0 Å². The molecule has 0 spiro atoms. The Morgan fingerprint density at radius 1 is 1.00 bits per heavy atom. The number of carboxylic acid groups (broad SMARTS) is 1. The van der Waals surface area contributed by atoms with Crippen LogP contribution in [0.25, 0.3) is 0 Å². The van der Waals surface area contributed by atoms with E-state index in [1.54, 1.807) is 7.05 Å². The smallest absolute Gasteiger partial charge is 0.748 e. The molecule has 0 aliphatic rings. The average Bonchev–Trinajstić information content (AvgIpc) is 2.58. The summed E-state index contributed by atoms with van der Waals surface area (Å²) in [5.74, 6) is -1.47. The van der Waals surface area contributed by atoms with Crippen LogP contribution in [0.3, 0.4) is 0 Å². The molecule has 0 aliphatic carbocycles. The number of nitrogens with one attached hydrogen (secondary N) is 2. The predicted octanol–water partition coefficient (Wildman–Crippen LogP) is -0.748. The minimum absolute atomic E-state index is 0. The summed E-state index contributed by atoms with van der Waals surface area (Å²) in [6.45, 7) is 3.93. The van der Waals surface area contributed by atoms with Crippen LogP contribution >= 0.6 is 0 Å². The number of carbonyl (C=O) groups excluding carboxylic acids is 1. The van der Waals surface area contributed by atoms with Gasteiger partial charge in [-0.3, -0.25) is 9.59 Å². The van der Waals surface area contributed by atoms with E-state index in [1.807, 2.05) is 0 Å². The average molecular weight is 433 g/mol. The first-order chi connectivity index (χ1) is 12.6. The quantitative estimate of drug-likeness (QED) is 0.176. The third kappa shape index (κ3) is 28.0. The third-order valence-corrected chi connectivity index (χ3v) is 4.56. The van der Waals surface area contributed by atoms with E-state index in [1.165, 1.54) is 51.9 Å². The summed E-state index contributed by atoms with van der Waals surface area (Å²) in [4.78, 5) is 21.9. The van der Waals surface area contributed by atoms with E-state index in [9.17, 15) is 22.6 Å². The standard InChI is InChI=1S/C15H29NO3.C3H9NO3S.Na/c1-3-4-5-6-7-8-9-10-11-12-14(17)16-13(2)15(18)19;1-4-2-3-8(5,6)7;/h13H,3-12H2,1-2H3,(H,16,17)(H,18,19);4H,2-3H2,1H3,(H,5,6,7);/q;;+1/p-1. The first kappa shape index (κ1) is 32.5. The molecule has 0 aromatic rings. The molecule has 8 nitrogen and oxygen atoms in total. The zero-order valence-electron chi connectivity index (χ0n) is 18.0. The first-order valence-corrected chi connectivity index (χ1v) is 11.3. The van der Waals surface area contributed by atoms with Crippen molar-refractivity contribution in [3.63, 3.8) is 0 Å². The molecular formula is C18H37N2NaO6S. The maximum atomic E-state index is 11.4. The second-order valence-corrected chi connectivity index (χ2v) is 8.09. The number of carboxylic acids is 1. The Hall–Kier alpha value is -0.190. The molecule has 1 amide bonds. The Balaban J connectivity index is -0.000000587. The van der Waals surface area contributed by atoms with Gasteiger partial charge in [-0.05, 0) is 20.4 Å². The number of rotatable bonds is 15. The molecule has 162 valence electrons. The monoisotopic (exact) mass is 432 g/mol. The van der Waals surface area contributed by atoms with Crippen LogP contribution in [0.2, 0.25) is 0 Å². The van der Waals surface area contributed by atoms with E-state index in [-0.39, 0.29) is 47.8 Å². The van der Waals surface area contributed by atoms with Crippen molar-refractivity contribution >= 4 is 22.0 Å². The van der Waals surface area contributed by atoms with Gasteiger partial charge in [-0.2, -0.15) is 0 Å². The van der Waals surface area contributed by atoms with Gasteiger partial charge in [0.1, 0.15) is 6.04 Å². The van der Waals surface area contributed by atoms with Gasteiger partial charge in [0, 0.05) is 13.0 Å². The van der Waals surface area contributed by atoms with Crippen LogP contribution in [0.1, 0.15) is 78.1 Å². The molecule has 1 atom stereocenters. The van der Waals surface area contributed by atoms with Gasteiger partial charge >= 0.3 is 35.5 Å². The van der Waals surface area contributed by atoms with E-state index in [2.05, 4.69) is 17.6 Å². The fourth-order valence-corrected chi connectivity index (χ4v) is 2.65. The number of unbranched alkanes of at least 4 members (excludes halogenated alkanes) is 8. The van der Waals surface area contributed by atoms with Crippen molar-refractivity contribution in [3.05, 3.63) is 0 Å². The molecule has 0 rings (SSSR count). The van der Waals surface area contributed by atoms with Crippen molar-refractivity contribution in [2.75, 3.05) is 19.3 Å².